The van der Waals surface area contributed by atoms with E-state index < -0.39 is 22.4 Å². The van der Waals surface area contributed by atoms with E-state index in [9.17, 15) is 19.3 Å². The summed E-state index contributed by atoms with van der Waals surface area (Å²) in [6.07, 6.45) is 1.02. The molecule has 108 valence electrons. The van der Waals surface area contributed by atoms with Crippen LogP contribution in [0.15, 0.2) is 36.5 Å². The number of nitrogens with zero attached hydrogens (tertiary/aromatic N) is 2. The van der Waals surface area contributed by atoms with Gasteiger partial charge in [0.05, 0.1) is 10.5 Å². The molecule has 0 aliphatic carbocycles. The number of rotatable bonds is 5. The summed E-state index contributed by atoms with van der Waals surface area (Å²) in [5, 5.41) is 22.4. The highest BCUT2D eigenvalue weighted by Crippen LogP contribution is 2.23. The molecule has 1 aromatic heterocycles. The molecule has 2 N–H and O–H groups in total. The minimum absolute atomic E-state index is 0.0748. The zero-order chi connectivity index (χ0) is 15.4. The van der Waals surface area contributed by atoms with Crippen LogP contribution in [0.5, 0.6) is 0 Å². The summed E-state index contributed by atoms with van der Waals surface area (Å²) in [5.41, 5.74) is -0.155. The monoisotopic (exact) mass is 291 g/mol. The van der Waals surface area contributed by atoms with Crippen molar-refractivity contribution in [3.63, 3.8) is 0 Å². The predicted molar refractivity (Wildman–Crippen MR) is 71.6 cm³/mol. The lowest BCUT2D eigenvalue weighted by Crippen LogP contribution is -2.07. The number of halogens is 1. The van der Waals surface area contributed by atoms with Crippen LogP contribution in [0.1, 0.15) is 15.9 Å². The Bertz CT molecular complexity index is 706. The molecule has 8 heteroatoms. The fourth-order valence-electron chi connectivity index (χ4n) is 1.68. The number of carboxylic acids is 1. The fourth-order valence-corrected chi connectivity index (χ4v) is 1.68. The van der Waals surface area contributed by atoms with Crippen LogP contribution in [-0.2, 0) is 6.54 Å². The molecule has 0 fully saturated rings. The summed E-state index contributed by atoms with van der Waals surface area (Å²) in [5.74, 6) is -1.80. The highest BCUT2D eigenvalue weighted by molar-refractivity contribution is 5.88. The lowest BCUT2D eigenvalue weighted by molar-refractivity contribution is -0.384. The van der Waals surface area contributed by atoms with E-state index in [1.807, 2.05) is 0 Å². The first-order valence-electron chi connectivity index (χ1n) is 5.83. The summed E-state index contributed by atoms with van der Waals surface area (Å²) < 4.78 is 13.0. The molecule has 0 atom stereocenters. The summed E-state index contributed by atoms with van der Waals surface area (Å²) in [6.45, 7) is 0.123. The Labute approximate surface area is 118 Å². The van der Waals surface area contributed by atoms with Crippen molar-refractivity contribution >= 4 is 17.5 Å². The molecule has 1 heterocycles. The lowest BCUT2D eigenvalue weighted by Gasteiger charge is -2.07. The van der Waals surface area contributed by atoms with Crippen LogP contribution in [0.3, 0.4) is 0 Å². The molecule has 0 bridgehead atoms. The topological polar surface area (TPSA) is 105 Å². The molecule has 0 amide bonds. The van der Waals surface area contributed by atoms with Gasteiger partial charge < -0.3 is 10.4 Å². The second kappa shape index (κ2) is 5.95. The van der Waals surface area contributed by atoms with Crippen LogP contribution in [0.2, 0.25) is 0 Å². The smallest absolute Gasteiger partial charge is 0.337 e. The van der Waals surface area contributed by atoms with E-state index in [2.05, 4.69) is 10.3 Å². The average Bonchev–Trinajstić information content (AvgIpc) is 2.44. The van der Waals surface area contributed by atoms with E-state index in [-0.39, 0.29) is 17.9 Å². The van der Waals surface area contributed by atoms with Crippen LogP contribution in [0.4, 0.5) is 15.9 Å². The van der Waals surface area contributed by atoms with E-state index in [0.29, 0.717) is 5.56 Å². The van der Waals surface area contributed by atoms with E-state index in [0.717, 1.165) is 12.3 Å². The number of carbonyl (C=O) groups is 1. The summed E-state index contributed by atoms with van der Waals surface area (Å²) >= 11 is 0. The van der Waals surface area contributed by atoms with Gasteiger partial charge in [-0.3, -0.25) is 10.1 Å². The Morgan fingerprint density at radius 3 is 2.81 bits per heavy atom. The number of benzene rings is 1. The molecule has 0 spiro atoms. The van der Waals surface area contributed by atoms with Crippen molar-refractivity contribution in [2.24, 2.45) is 0 Å². The van der Waals surface area contributed by atoms with Gasteiger partial charge in [-0.1, -0.05) is 12.1 Å². The zero-order valence-corrected chi connectivity index (χ0v) is 10.6. The van der Waals surface area contributed by atoms with Gasteiger partial charge >= 0.3 is 11.7 Å². The van der Waals surface area contributed by atoms with Crippen LogP contribution < -0.4 is 5.32 Å². The number of hydrogen-bond acceptors (Lipinski definition) is 5. The largest absolute Gasteiger partial charge is 0.478 e. The van der Waals surface area contributed by atoms with E-state index in [4.69, 9.17) is 5.11 Å². The molecule has 0 radical (unpaired) electrons. The van der Waals surface area contributed by atoms with Crippen molar-refractivity contribution < 1.29 is 19.2 Å². The van der Waals surface area contributed by atoms with Gasteiger partial charge in [-0.05, 0) is 17.7 Å². The first-order valence-corrected chi connectivity index (χ1v) is 5.83. The van der Waals surface area contributed by atoms with Gasteiger partial charge in [-0.25, -0.2) is 14.2 Å². The van der Waals surface area contributed by atoms with Crippen molar-refractivity contribution in [3.05, 3.63) is 63.6 Å². The number of aromatic nitrogens is 1. The first kappa shape index (κ1) is 14.4. The Balaban J connectivity index is 2.23. The number of pyridine rings is 1. The predicted octanol–water partition coefficient (Wildman–Crippen LogP) is 2.44. The van der Waals surface area contributed by atoms with Gasteiger partial charge in [0.2, 0.25) is 5.82 Å². The maximum Gasteiger partial charge on any atom is 0.337 e. The Hall–Kier alpha value is -3.03. The Kier molecular flexibility index (Phi) is 4.07. The van der Waals surface area contributed by atoms with Gasteiger partial charge in [-0.15, -0.1) is 0 Å². The quantitative estimate of drug-likeness (QED) is 0.647. The Morgan fingerprint density at radius 2 is 2.19 bits per heavy atom. The van der Waals surface area contributed by atoms with E-state index in [1.54, 1.807) is 6.07 Å². The highest BCUT2D eigenvalue weighted by Gasteiger charge is 2.18. The minimum atomic E-state index is -1.30. The van der Waals surface area contributed by atoms with Gasteiger partial charge in [0, 0.05) is 18.8 Å². The van der Waals surface area contributed by atoms with Gasteiger partial charge in [0.15, 0.2) is 0 Å². The third-order valence-corrected chi connectivity index (χ3v) is 2.66. The van der Waals surface area contributed by atoms with E-state index >= 15 is 0 Å². The van der Waals surface area contributed by atoms with Crippen molar-refractivity contribution in [2.75, 3.05) is 5.32 Å². The number of anilines is 1. The maximum absolute atomic E-state index is 13.0. The van der Waals surface area contributed by atoms with Crippen molar-refractivity contribution in [1.29, 1.82) is 0 Å². The molecule has 1 aromatic carbocycles. The molecular weight excluding hydrogens is 281 g/mol. The normalized spacial score (nSPS) is 10.1. The number of nitrogens with one attached hydrogen (secondary N) is 1. The summed E-state index contributed by atoms with van der Waals surface area (Å²) in [7, 11) is 0. The van der Waals surface area contributed by atoms with Crippen LogP contribution in [-0.4, -0.2) is 21.0 Å². The number of carboxylic acid groups (broad SMARTS) is 1. The Morgan fingerprint density at radius 1 is 1.43 bits per heavy atom. The third-order valence-electron chi connectivity index (χ3n) is 2.66. The van der Waals surface area contributed by atoms with Gasteiger partial charge in [-0.2, -0.15) is 0 Å². The zero-order valence-electron chi connectivity index (χ0n) is 10.6. The number of nitro groups is 1. The molecule has 2 rings (SSSR count). The van der Waals surface area contributed by atoms with Crippen LogP contribution >= 0.6 is 0 Å². The molecule has 0 saturated heterocycles. The second-order valence-electron chi connectivity index (χ2n) is 4.14. The molecule has 0 saturated carbocycles. The first-order chi connectivity index (χ1) is 9.97. The number of hydrogen-bond donors (Lipinski definition) is 2. The SMILES string of the molecule is O=C(O)c1cnc(NCc2cccc(F)c2)c([N+](=O)[O-])c1. The lowest BCUT2D eigenvalue weighted by atomic mass is 10.2. The summed E-state index contributed by atoms with van der Waals surface area (Å²) in [6, 6.07) is 6.65. The molecule has 7 nitrogen and oxygen atoms in total. The minimum Gasteiger partial charge on any atom is -0.478 e. The fraction of sp³-hybridized carbons (Fsp3) is 0.0769. The van der Waals surface area contributed by atoms with Crippen molar-refractivity contribution in [2.45, 2.75) is 6.54 Å². The molecular formula is C13H10FN3O4. The van der Waals surface area contributed by atoms with Crippen LogP contribution in [0.25, 0.3) is 0 Å². The maximum atomic E-state index is 13.0. The van der Waals surface area contributed by atoms with Crippen molar-refractivity contribution in [1.82, 2.24) is 4.98 Å². The molecule has 0 aliphatic rings. The molecule has 0 unspecified atom stereocenters. The van der Waals surface area contributed by atoms with Gasteiger partial charge in [0.1, 0.15) is 5.82 Å². The second-order valence-corrected chi connectivity index (χ2v) is 4.14. The molecule has 2 aromatic rings. The number of aromatic carboxylic acids is 1. The average molecular weight is 291 g/mol. The third kappa shape index (κ3) is 3.50. The van der Waals surface area contributed by atoms with Crippen LogP contribution in [0, 0.1) is 15.9 Å². The highest BCUT2D eigenvalue weighted by atomic mass is 19.1. The summed E-state index contributed by atoms with van der Waals surface area (Å²) in [4.78, 5) is 24.7. The molecule has 21 heavy (non-hydrogen) atoms. The molecule has 0 aliphatic heterocycles. The standard InChI is InChI=1S/C13H10FN3O4/c14-10-3-1-2-8(4-10)6-15-12-11(17(20)21)5-9(7-16-12)13(18)19/h1-5,7H,6H2,(H,15,16)(H,18,19). The van der Waals surface area contributed by atoms with E-state index in [1.165, 1.54) is 18.2 Å². The van der Waals surface area contributed by atoms with Crippen molar-refractivity contribution in [3.8, 4) is 0 Å². The van der Waals surface area contributed by atoms with Gasteiger partial charge in [0.25, 0.3) is 0 Å².